The molecule has 0 radical (unpaired) electrons. The van der Waals surface area contributed by atoms with Gasteiger partial charge in [-0.1, -0.05) is 48.0 Å². The first-order valence-electron chi connectivity index (χ1n) is 11.0. The Hall–Kier alpha value is -3.13. The minimum atomic E-state index is 0.0912. The highest BCUT2D eigenvalue weighted by molar-refractivity contribution is 6.30. The molecule has 3 aromatic rings. The Morgan fingerprint density at radius 3 is 2.69 bits per heavy atom. The van der Waals surface area contributed by atoms with Crippen molar-refractivity contribution in [2.45, 2.75) is 25.4 Å². The first-order valence-corrected chi connectivity index (χ1v) is 11.4. The van der Waals surface area contributed by atoms with E-state index in [0.717, 1.165) is 60.0 Å². The Bertz CT molecular complexity index is 1270. The van der Waals surface area contributed by atoms with Crippen LogP contribution < -0.4 is 5.56 Å². The molecule has 160 valence electrons. The second-order valence-electron chi connectivity index (χ2n) is 8.81. The molecule has 1 fully saturated rings. The lowest BCUT2D eigenvalue weighted by Crippen LogP contribution is -2.47. The van der Waals surface area contributed by atoms with E-state index in [1.807, 2.05) is 53.1 Å². The van der Waals surface area contributed by atoms with Gasteiger partial charge in [0.05, 0.1) is 11.6 Å². The van der Waals surface area contributed by atoms with E-state index in [0.29, 0.717) is 17.4 Å². The molecule has 0 amide bonds. The number of pyridine rings is 1. The fourth-order valence-corrected chi connectivity index (χ4v) is 5.30. The van der Waals surface area contributed by atoms with Gasteiger partial charge >= 0.3 is 0 Å². The molecule has 32 heavy (non-hydrogen) atoms. The van der Waals surface area contributed by atoms with Crippen molar-refractivity contribution in [2.75, 3.05) is 13.1 Å². The number of nitriles is 1. The minimum Gasteiger partial charge on any atom is -0.311 e. The summed E-state index contributed by atoms with van der Waals surface area (Å²) in [5, 5.41) is 9.92. The number of fused-ring (bicyclic) bond motifs is 4. The molecule has 1 aromatic heterocycles. The van der Waals surface area contributed by atoms with E-state index in [-0.39, 0.29) is 5.56 Å². The number of benzene rings is 2. The average Bonchev–Trinajstić information content (AvgIpc) is 2.80. The lowest BCUT2D eigenvalue weighted by molar-refractivity contribution is 0.114. The van der Waals surface area contributed by atoms with E-state index < -0.39 is 0 Å². The van der Waals surface area contributed by atoms with E-state index >= 15 is 0 Å². The summed E-state index contributed by atoms with van der Waals surface area (Å²) in [5.74, 6) is 0.786. The number of hydrogen-bond donors (Lipinski definition) is 0. The smallest absolute Gasteiger partial charge is 0.250 e. The molecule has 5 rings (SSSR count). The second kappa shape index (κ2) is 8.78. The van der Waals surface area contributed by atoms with E-state index in [1.165, 1.54) is 0 Å². The number of rotatable bonds is 4. The van der Waals surface area contributed by atoms with Gasteiger partial charge in [0.1, 0.15) is 0 Å². The SMILES string of the molecule is N#Cc1cccc(CN2C[C@@H]3C[C@H](C2)c2c(/C=C/c4ccc(Cl)cc4)ccc(=O)n2C3)c1. The lowest BCUT2D eigenvalue weighted by atomic mass is 9.81. The molecule has 0 saturated carbocycles. The molecule has 2 atom stereocenters. The largest absolute Gasteiger partial charge is 0.311 e. The third kappa shape index (κ3) is 4.27. The van der Waals surface area contributed by atoms with E-state index in [4.69, 9.17) is 11.6 Å². The molecule has 2 aromatic carbocycles. The lowest BCUT2D eigenvalue weighted by Gasteiger charge is -2.43. The topological polar surface area (TPSA) is 49.0 Å². The molecule has 2 aliphatic rings. The second-order valence-corrected chi connectivity index (χ2v) is 9.25. The maximum Gasteiger partial charge on any atom is 0.250 e. The third-order valence-electron chi connectivity index (χ3n) is 6.49. The van der Waals surface area contributed by atoms with Gasteiger partial charge in [-0.3, -0.25) is 9.69 Å². The number of likely N-dealkylation sites (tertiary alicyclic amines) is 1. The van der Waals surface area contributed by atoms with Crippen LogP contribution in [0.25, 0.3) is 12.2 Å². The Morgan fingerprint density at radius 1 is 1.03 bits per heavy atom. The van der Waals surface area contributed by atoms with E-state index in [2.05, 4.69) is 29.2 Å². The fourth-order valence-electron chi connectivity index (χ4n) is 5.17. The van der Waals surface area contributed by atoms with Crippen molar-refractivity contribution in [1.82, 2.24) is 9.47 Å². The molecule has 0 aliphatic carbocycles. The summed E-state index contributed by atoms with van der Waals surface area (Å²) in [5.41, 5.74) is 5.29. The van der Waals surface area contributed by atoms with Crippen LogP contribution in [0.2, 0.25) is 5.02 Å². The highest BCUT2D eigenvalue weighted by atomic mass is 35.5. The van der Waals surface area contributed by atoms with Crippen LogP contribution in [0, 0.1) is 17.2 Å². The molecule has 2 bridgehead atoms. The van der Waals surface area contributed by atoms with Crippen molar-refractivity contribution in [1.29, 1.82) is 5.26 Å². The zero-order chi connectivity index (χ0) is 22.1. The first kappa shape index (κ1) is 20.8. The predicted octanol–water partition coefficient (Wildman–Crippen LogP) is 5.16. The summed E-state index contributed by atoms with van der Waals surface area (Å²) < 4.78 is 1.99. The van der Waals surface area contributed by atoms with E-state index in [1.54, 1.807) is 6.07 Å². The Balaban J connectivity index is 1.43. The molecule has 2 aliphatic heterocycles. The Kier molecular flexibility index (Phi) is 5.70. The molecule has 0 N–H and O–H groups in total. The Labute approximate surface area is 193 Å². The van der Waals surface area contributed by atoms with Gasteiger partial charge in [-0.05, 0) is 59.4 Å². The molecule has 1 saturated heterocycles. The number of nitrogens with zero attached hydrogens (tertiary/aromatic N) is 3. The quantitative estimate of drug-likeness (QED) is 0.561. The summed E-state index contributed by atoms with van der Waals surface area (Å²) in [4.78, 5) is 15.2. The summed E-state index contributed by atoms with van der Waals surface area (Å²) >= 11 is 6.00. The van der Waals surface area contributed by atoms with Gasteiger partial charge in [-0.15, -0.1) is 0 Å². The predicted molar refractivity (Wildman–Crippen MR) is 128 cm³/mol. The zero-order valence-electron chi connectivity index (χ0n) is 17.7. The molecular formula is C27H24ClN3O. The maximum absolute atomic E-state index is 12.7. The monoisotopic (exact) mass is 441 g/mol. The molecule has 0 spiro atoms. The van der Waals surface area contributed by atoms with Gasteiger partial charge in [-0.25, -0.2) is 0 Å². The third-order valence-corrected chi connectivity index (χ3v) is 6.74. The van der Waals surface area contributed by atoms with Crippen LogP contribution in [0.15, 0.2) is 65.5 Å². The fraction of sp³-hybridized carbons (Fsp3) is 0.259. The van der Waals surface area contributed by atoms with Crippen LogP contribution in [0.1, 0.15) is 40.3 Å². The van der Waals surface area contributed by atoms with Gasteiger partial charge in [0, 0.05) is 48.9 Å². The summed E-state index contributed by atoms with van der Waals surface area (Å²) in [7, 11) is 0. The van der Waals surface area contributed by atoms with Crippen molar-refractivity contribution in [3.8, 4) is 6.07 Å². The van der Waals surface area contributed by atoms with Gasteiger partial charge in [0.15, 0.2) is 0 Å². The van der Waals surface area contributed by atoms with Crippen LogP contribution in [0.5, 0.6) is 0 Å². The van der Waals surface area contributed by atoms with Gasteiger partial charge < -0.3 is 4.57 Å². The average molecular weight is 442 g/mol. The standard InChI is InChI=1S/C27H24ClN3O/c28-25-9-5-19(6-10-25)4-7-23-8-11-26(32)31-17-22-13-24(27(23)31)18-30(16-22)15-21-3-1-2-20(12-21)14-29/h1-12,22,24H,13,15-18H2/b7-4+/t22-,24+/m0/s1. The maximum atomic E-state index is 12.7. The van der Waals surface area contributed by atoms with Crippen LogP contribution in [-0.2, 0) is 13.1 Å². The molecule has 4 nitrogen and oxygen atoms in total. The molecule has 3 heterocycles. The van der Waals surface area contributed by atoms with Crippen molar-refractivity contribution in [2.24, 2.45) is 5.92 Å². The number of piperidine rings is 1. The van der Waals surface area contributed by atoms with Crippen molar-refractivity contribution < 1.29 is 0 Å². The molecular weight excluding hydrogens is 418 g/mol. The van der Waals surface area contributed by atoms with Gasteiger partial charge in [-0.2, -0.15) is 5.26 Å². The normalized spacial score (nSPS) is 20.1. The van der Waals surface area contributed by atoms with Gasteiger partial charge in [0.2, 0.25) is 0 Å². The zero-order valence-corrected chi connectivity index (χ0v) is 18.5. The number of hydrogen-bond acceptors (Lipinski definition) is 3. The molecule has 0 unspecified atom stereocenters. The Morgan fingerprint density at radius 2 is 1.88 bits per heavy atom. The van der Waals surface area contributed by atoms with Gasteiger partial charge in [0.25, 0.3) is 5.56 Å². The van der Waals surface area contributed by atoms with Crippen LogP contribution in [0.4, 0.5) is 0 Å². The summed E-state index contributed by atoms with van der Waals surface area (Å²) in [6.07, 6.45) is 5.31. The highest BCUT2D eigenvalue weighted by Gasteiger charge is 2.35. The minimum absolute atomic E-state index is 0.0912. The van der Waals surface area contributed by atoms with Crippen molar-refractivity contribution >= 4 is 23.8 Å². The summed E-state index contributed by atoms with van der Waals surface area (Å²) in [6.45, 7) is 3.49. The van der Waals surface area contributed by atoms with Crippen LogP contribution in [-0.4, -0.2) is 22.6 Å². The van der Waals surface area contributed by atoms with Crippen molar-refractivity contribution in [3.63, 3.8) is 0 Å². The van der Waals surface area contributed by atoms with Crippen molar-refractivity contribution in [3.05, 3.63) is 104 Å². The molecule has 5 heteroatoms. The van der Waals surface area contributed by atoms with E-state index in [9.17, 15) is 10.1 Å². The number of aromatic nitrogens is 1. The highest BCUT2D eigenvalue weighted by Crippen LogP contribution is 2.37. The van der Waals surface area contributed by atoms with Crippen LogP contribution >= 0.6 is 11.6 Å². The van der Waals surface area contributed by atoms with Crippen LogP contribution in [0.3, 0.4) is 0 Å². The summed E-state index contributed by atoms with van der Waals surface area (Å²) in [6, 6.07) is 21.5. The number of halogens is 1. The first-order chi connectivity index (χ1) is 15.6.